The van der Waals surface area contributed by atoms with Crippen LogP contribution in [-0.4, -0.2) is 33.4 Å². The van der Waals surface area contributed by atoms with E-state index in [1.165, 1.54) is 6.42 Å². The Balaban J connectivity index is 1.79. The lowest BCUT2D eigenvalue weighted by Crippen LogP contribution is -2.43. The first-order valence-corrected chi connectivity index (χ1v) is 11.5. The van der Waals surface area contributed by atoms with Crippen LogP contribution in [0, 0.1) is 0 Å². The fourth-order valence-corrected chi connectivity index (χ4v) is 4.06. The number of carbonyl (C=O) groups excluding carboxylic acids is 2. The van der Waals surface area contributed by atoms with Crippen LogP contribution in [0.3, 0.4) is 0 Å². The molecule has 0 radical (unpaired) electrons. The Morgan fingerprint density at radius 1 is 1.03 bits per heavy atom. The van der Waals surface area contributed by atoms with E-state index in [0.29, 0.717) is 6.54 Å². The second kappa shape index (κ2) is 10.6. The summed E-state index contributed by atoms with van der Waals surface area (Å²) < 4.78 is 1.91. The van der Waals surface area contributed by atoms with E-state index in [1.54, 1.807) is 24.8 Å². The van der Waals surface area contributed by atoms with Gasteiger partial charge in [0.25, 0.3) is 11.8 Å². The molecule has 2 amide bonds. The van der Waals surface area contributed by atoms with Crippen LogP contribution in [-0.2, 0) is 6.42 Å². The van der Waals surface area contributed by atoms with E-state index < -0.39 is 22.8 Å². The van der Waals surface area contributed by atoms with Gasteiger partial charge < -0.3 is 15.2 Å². The van der Waals surface area contributed by atoms with Gasteiger partial charge in [0.05, 0.1) is 0 Å². The summed E-state index contributed by atoms with van der Waals surface area (Å²) in [4.78, 5) is 42.8. The lowest BCUT2D eigenvalue weighted by Gasteiger charge is -2.26. The van der Waals surface area contributed by atoms with Crippen molar-refractivity contribution in [2.24, 2.45) is 0 Å². The van der Waals surface area contributed by atoms with Gasteiger partial charge in [-0.25, -0.2) is 0 Å². The molecule has 32 heavy (non-hydrogen) atoms. The first-order valence-electron chi connectivity index (χ1n) is 11.5. The highest BCUT2D eigenvalue weighted by Crippen LogP contribution is 2.28. The summed E-state index contributed by atoms with van der Waals surface area (Å²) in [5, 5.41) is 5.71. The van der Waals surface area contributed by atoms with Gasteiger partial charge in [0.15, 0.2) is 0 Å². The average Bonchev–Trinajstić information content (AvgIpc) is 2.77. The van der Waals surface area contributed by atoms with Crippen LogP contribution >= 0.6 is 0 Å². The van der Waals surface area contributed by atoms with Crippen LogP contribution in [0.1, 0.15) is 91.6 Å². The minimum Gasteiger partial charge on any atom is -0.352 e. The molecule has 0 aliphatic heterocycles. The molecule has 172 valence electrons. The molecular formula is C25H34N4O3. The topological polar surface area (TPSA) is 93.1 Å². The number of amides is 2. The summed E-state index contributed by atoms with van der Waals surface area (Å²) in [7, 11) is 0. The molecule has 1 aliphatic carbocycles. The maximum Gasteiger partial charge on any atom is 0.257 e. The standard InChI is InChI=1S/C25H34N4O3/c1-25(2,3)28-24(32)21-17-29(19-9-5-4-6-10-19)16-20(22(21)30)23(31)27-13-7-8-18-11-14-26-15-12-18/h11-12,14-17,19H,4-10,13H2,1-3H3,(H,27,31)(H,28,32). The zero-order valence-electron chi connectivity index (χ0n) is 19.3. The Morgan fingerprint density at radius 2 is 1.66 bits per heavy atom. The Labute approximate surface area is 189 Å². The molecule has 1 aliphatic rings. The van der Waals surface area contributed by atoms with Gasteiger partial charge in [-0.1, -0.05) is 19.3 Å². The molecule has 2 aromatic rings. The lowest BCUT2D eigenvalue weighted by atomic mass is 9.95. The van der Waals surface area contributed by atoms with Crippen LogP contribution < -0.4 is 16.1 Å². The van der Waals surface area contributed by atoms with E-state index in [9.17, 15) is 14.4 Å². The SMILES string of the molecule is CC(C)(C)NC(=O)c1cn(C2CCCCC2)cc(C(=O)NCCCc2ccncc2)c1=O. The number of pyridine rings is 2. The minimum absolute atomic E-state index is 0.0231. The van der Waals surface area contributed by atoms with Gasteiger partial charge in [0.2, 0.25) is 5.43 Å². The Hall–Kier alpha value is -2.96. The van der Waals surface area contributed by atoms with Crippen LogP contribution in [0.5, 0.6) is 0 Å². The van der Waals surface area contributed by atoms with Crippen LogP contribution in [0.15, 0.2) is 41.7 Å². The Kier molecular flexibility index (Phi) is 7.83. The van der Waals surface area contributed by atoms with Gasteiger partial charge >= 0.3 is 0 Å². The highest BCUT2D eigenvalue weighted by Gasteiger charge is 2.24. The maximum atomic E-state index is 13.1. The summed E-state index contributed by atoms with van der Waals surface area (Å²) in [5.74, 6) is -0.876. The monoisotopic (exact) mass is 438 g/mol. The van der Waals surface area contributed by atoms with Crippen molar-refractivity contribution >= 4 is 11.8 Å². The van der Waals surface area contributed by atoms with Gasteiger partial charge in [-0.05, 0) is 64.2 Å². The molecule has 7 heteroatoms. The van der Waals surface area contributed by atoms with Crippen molar-refractivity contribution in [1.82, 2.24) is 20.2 Å². The number of nitrogens with one attached hydrogen (secondary N) is 2. The van der Waals surface area contributed by atoms with Gasteiger partial charge in [0.1, 0.15) is 11.1 Å². The van der Waals surface area contributed by atoms with Gasteiger partial charge in [-0.3, -0.25) is 19.4 Å². The molecule has 0 atom stereocenters. The highest BCUT2D eigenvalue weighted by atomic mass is 16.2. The first kappa shape index (κ1) is 23.7. The minimum atomic E-state index is -0.523. The first-order chi connectivity index (χ1) is 15.2. The molecule has 2 N–H and O–H groups in total. The molecule has 1 saturated carbocycles. The molecule has 0 aromatic carbocycles. The van der Waals surface area contributed by atoms with Crippen LogP contribution in [0.2, 0.25) is 0 Å². The molecule has 1 fully saturated rings. The zero-order valence-corrected chi connectivity index (χ0v) is 19.3. The number of hydrogen-bond donors (Lipinski definition) is 2. The second-order valence-electron chi connectivity index (χ2n) is 9.57. The van der Waals surface area contributed by atoms with E-state index in [2.05, 4.69) is 15.6 Å². The number of hydrogen-bond acceptors (Lipinski definition) is 4. The van der Waals surface area contributed by atoms with Crippen LogP contribution in [0.25, 0.3) is 0 Å². The summed E-state index contributed by atoms with van der Waals surface area (Å²) in [6, 6.07) is 4.09. The molecule has 2 aromatic heterocycles. The maximum absolute atomic E-state index is 13.1. The van der Waals surface area contributed by atoms with Crippen molar-refractivity contribution in [2.75, 3.05) is 6.54 Å². The van der Waals surface area contributed by atoms with E-state index in [1.807, 2.05) is 37.5 Å². The normalized spacial score (nSPS) is 14.7. The number of aromatic nitrogens is 2. The third-order valence-corrected chi connectivity index (χ3v) is 5.70. The fraction of sp³-hybridized carbons (Fsp3) is 0.520. The van der Waals surface area contributed by atoms with Gasteiger partial charge in [0, 0.05) is 42.9 Å². The van der Waals surface area contributed by atoms with Crippen LogP contribution in [0.4, 0.5) is 0 Å². The molecule has 0 saturated heterocycles. The molecular weight excluding hydrogens is 404 g/mol. The van der Waals surface area contributed by atoms with Crippen molar-refractivity contribution in [3.8, 4) is 0 Å². The van der Waals surface area contributed by atoms with E-state index in [4.69, 9.17) is 0 Å². The molecule has 2 heterocycles. The van der Waals surface area contributed by atoms with Crippen molar-refractivity contribution in [1.29, 1.82) is 0 Å². The van der Waals surface area contributed by atoms with Crippen molar-refractivity contribution in [2.45, 2.75) is 77.3 Å². The third-order valence-electron chi connectivity index (χ3n) is 5.70. The van der Waals surface area contributed by atoms with E-state index in [-0.39, 0.29) is 17.2 Å². The fourth-order valence-electron chi connectivity index (χ4n) is 4.06. The van der Waals surface area contributed by atoms with Crippen molar-refractivity contribution in [3.05, 3.63) is 63.8 Å². The number of carbonyl (C=O) groups is 2. The summed E-state index contributed by atoms with van der Waals surface area (Å²) >= 11 is 0. The van der Waals surface area contributed by atoms with Crippen molar-refractivity contribution < 1.29 is 9.59 Å². The molecule has 0 bridgehead atoms. The summed E-state index contributed by atoms with van der Waals surface area (Å²) in [6.45, 7) is 6.04. The van der Waals surface area contributed by atoms with Gasteiger partial charge in [-0.15, -0.1) is 0 Å². The smallest absolute Gasteiger partial charge is 0.257 e. The molecule has 0 spiro atoms. The molecule has 3 rings (SSSR count). The zero-order chi connectivity index (χ0) is 23.1. The lowest BCUT2D eigenvalue weighted by molar-refractivity contribution is 0.0917. The predicted molar refractivity (Wildman–Crippen MR) is 125 cm³/mol. The van der Waals surface area contributed by atoms with E-state index >= 15 is 0 Å². The third kappa shape index (κ3) is 6.52. The number of rotatable bonds is 7. The molecule has 0 unspecified atom stereocenters. The summed E-state index contributed by atoms with van der Waals surface area (Å²) in [6.07, 6.45) is 13.7. The number of aryl methyl sites for hydroxylation is 1. The summed E-state index contributed by atoms with van der Waals surface area (Å²) in [5.41, 5.74) is 0.195. The number of nitrogens with zero attached hydrogens (tertiary/aromatic N) is 2. The van der Waals surface area contributed by atoms with Gasteiger partial charge in [-0.2, -0.15) is 0 Å². The Morgan fingerprint density at radius 3 is 2.28 bits per heavy atom. The largest absolute Gasteiger partial charge is 0.352 e. The quantitative estimate of drug-likeness (QED) is 0.646. The average molecular weight is 439 g/mol. The van der Waals surface area contributed by atoms with E-state index in [0.717, 1.165) is 44.1 Å². The second-order valence-corrected chi connectivity index (χ2v) is 9.57. The van der Waals surface area contributed by atoms with Crippen molar-refractivity contribution in [3.63, 3.8) is 0 Å². The highest BCUT2D eigenvalue weighted by molar-refractivity contribution is 5.99. The Bertz CT molecular complexity index is 986. The predicted octanol–water partition coefficient (Wildman–Crippen LogP) is 3.64. The molecule has 7 nitrogen and oxygen atoms in total.